The van der Waals surface area contributed by atoms with Gasteiger partial charge in [0, 0.05) is 14.2 Å². The molecule has 0 saturated carbocycles. The van der Waals surface area contributed by atoms with Crippen LogP contribution in [0.2, 0.25) is 0 Å². The average Bonchev–Trinajstić information content (AvgIpc) is 2.29. The molecule has 0 atom stereocenters. The minimum atomic E-state index is 0. The maximum absolute atomic E-state index is 4.25. The van der Waals surface area contributed by atoms with Crippen molar-refractivity contribution in [3.63, 3.8) is 0 Å². The summed E-state index contributed by atoms with van der Waals surface area (Å²) in [4.78, 5) is 0. The average molecular weight is 363 g/mol. The van der Waals surface area contributed by atoms with Gasteiger partial charge in [-0.05, 0) is 28.9 Å². The largest absolute Gasteiger partial charge is 0.388 e. The molecule has 0 aliphatic rings. The molecule has 1 rings (SSSR count). The molecule has 0 aliphatic carbocycles. The molecule has 0 fully saturated rings. The topological polar surface area (TPSA) is 9.23 Å². The van der Waals surface area contributed by atoms with E-state index in [1.54, 1.807) is 26.0 Å². The highest BCUT2D eigenvalue weighted by Crippen LogP contribution is 2.20. The molecule has 0 spiro atoms. The summed E-state index contributed by atoms with van der Waals surface area (Å²) in [6.45, 7) is 15.4. The van der Waals surface area contributed by atoms with Crippen molar-refractivity contribution < 1.29 is 4.74 Å². The van der Waals surface area contributed by atoms with E-state index in [0.717, 1.165) is 0 Å². The second-order valence-corrected chi connectivity index (χ2v) is 8.25. The summed E-state index contributed by atoms with van der Waals surface area (Å²) in [5, 5.41) is 0. The SMILES string of the molecule is C.C.C.CC(C)(C)C.CC(C)(C)c1ccccc1.COC.CSC. The monoisotopic (exact) mass is 362 g/mol. The number of rotatable bonds is 0. The highest BCUT2D eigenvalue weighted by molar-refractivity contribution is 7.97. The van der Waals surface area contributed by atoms with E-state index in [-0.39, 0.29) is 22.3 Å². The third kappa shape index (κ3) is 49.6. The van der Waals surface area contributed by atoms with E-state index in [4.69, 9.17) is 0 Å². The molecule has 1 nitrogen and oxygen atoms in total. The zero-order chi connectivity index (χ0) is 17.5. The van der Waals surface area contributed by atoms with E-state index in [0.29, 0.717) is 10.8 Å². The number of methoxy groups -OCH3 is 1. The molecule has 1 aromatic carbocycles. The van der Waals surface area contributed by atoms with Crippen LogP contribution in [0.1, 0.15) is 76.3 Å². The zero-order valence-corrected chi connectivity index (χ0v) is 17.0. The van der Waals surface area contributed by atoms with Crippen LogP contribution in [0, 0.1) is 5.41 Å². The summed E-state index contributed by atoms with van der Waals surface area (Å²) >= 11 is 1.75. The molecular formula is C22H50OS. The summed E-state index contributed by atoms with van der Waals surface area (Å²) in [6, 6.07) is 10.6. The van der Waals surface area contributed by atoms with E-state index >= 15 is 0 Å². The molecular weight excluding hydrogens is 312 g/mol. The Hall–Kier alpha value is -0.470. The van der Waals surface area contributed by atoms with Gasteiger partial charge in [-0.25, -0.2) is 0 Å². The van der Waals surface area contributed by atoms with Crippen molar-refractivity contribution in [3.05, 3.63) is 35.9 Å². The quantitative estimate of drug-likeness (QED) is 0.460. The van der Waals surface area contributed by atoms with Gasteiger partial charge in [0.05, 0.1) is 0 Å². The van der Waals surface area contributed by atoms with Gasteiger partial charge in [-0.2, -0.15) is 11.8 Å². The third-order valence-electron chi connectivity index (χ3n) is 1.64. The lowest BCUT2D eigenvalue weighted by atomic mass is 9.87. The predicted octanol–water partition coefficient (Wildman–Crippen LogP) is 8.19. The van der Waals surface area contributed by atoms with Gasteiger partial charge in [-0.1, -0.05) is 101 Å². The zero-order valence-electron chi connectivity index (χ0n) is 16.2. The Morgan fingerprint density at radius 1 is 0.708 bits per heavy atom. The molecule has 0 aromatic heterocycles. The fraction of sp³-hybridized carbons (Fsp3) is 0.727. The standard InChI is InChI=1S/C10H14.C5H12.C2H6O.C2H6S.3CH4/c1-10(2,3)9-7-5-4-6-8-9;1-5(2,3)4;2*1-3-2;;;/h4-8H,1-3H3;1-4H3;2*1-2H3;3*1H4. The lowest BCUT2D eigenvalue weighted by Gasteiger charge is -2.18. The van der Waals surface area contributed by atoms with Crippen LogP contribution in [0.4, 0.5) is 0 Å². The van der Waals surface area contributed by atoms with Crippen molar-refractivity contribution in [1.82, 2.24) is 0 Å². The molecule has 24 heavy (non-hydrogen) atoms. The van der Waals surface area contributed by atoms with Gasteiger partial charge in [-0.15, -0.1) is 0 Å². The molecule has 150 valence electrons. The van der Waals surface area contributed by atoms with E-state index < -0.39 is 0 Å². The van der Waals surface area contributed by atoms with Crippen LogP contribution in [-0.2, 0) is 10.2 Å². The molecule has 2 heteroatoms. The Bertz CT molecular complexity index is 286. The minimum absolute atomic E-state index is 0. The Labute approximate surface area is 161 Å². The summed E-state index contributed by atoms with van der Waals surface area (Å²) in [6.07, 6.45) is 4.08. The van der Waals surface area contributed by atoms with Crippen LogP contribution in [-0.4, -0.2) is 26.7 Å². The first-order chi connectivity index (χ1) is 9.43. The third-order valence-corrected chi connectivity index (χ3v) is 1.64. The Morgan fingerprint density at radius 2 is 0.917 bits per heavy atom. The molecule has 0 N–H and O–H groups in total. The molecule has 0 heterocycles. The van der Waals surface area contributed by atoms with Gasteiger partial charge in [0.1, 0.15) is 0 Å². The van der Waals surface area contributed by atoms with Crippen molar-refractivity contribution in [1.29, 1.82) is 0 Å². The first-order valence-corrected chi connectivity index (χ1v) is 8.93. The van der Waals surface area contributed by atoms with Crippen molar-refractivity contribution >= 4 is 11.8 Å². The van der Waals surface area contributed by atoms with Crippen molar-refractivity contribution in [3.8, 4) is 0 Å². The highest BCUT2D eigenvalue weighted by atomic mass is 32.2. The van der Waals surface area contributed by atoms with Crippen LogP contribution < -0.4 is 0 Å². The predicted molar refractivity (Wildman–Crippen MR) is 123 cm³/mol. The molecule has 0 aliphatic heterocycles. The molecule has 0 bridgehead atoms. The second-order valence-electron chi connectivity index (χ2n) is 7.43. The van der Waals surface area contributed by atoms with E-state index in [1.165, 1.54) is 5.56 Å². The molecule has 0 amide bonds. The van der Waals surface area contributed by atoms with Crippen LogP contribution in [0.15, 0.2) is 30.3 Å². The number of thioether (sulfide) groups is 1. The van der Waals surface area contributed by atoms with Crippen molar-refractivity contribution in [2.24, 2.45) is 5.41 Å². The van der Waals surface area contributed by atoms with E-state index in [1.807, 2.05) is 12.5 Å². The maximum atomic E-state index is 4.25. The van der Waals surface area contributed by atoms with Crippen LogP contribution >= 0.6 is 11.8 Å². The lowest BCUT2D eigenvalue weighted by molar-refractivity contribution is 0.277. The number of ether oxygens (including phenoxy) is 1. The van der Waals surface area contributed by atoms with Crippen LogP contribution in [0.3, 0.4) is 0 Å². The summed E-state index contributed by atoms with van der Waals surface area (Å²) < 4.78 is 4.25. The molecule has 0 saturated heterocycles. The first-order valence-electron chi connectivity index (χ1n) is 7.29. The molecule has 0 radical (unpaired) electrons. The van der Waals surface area contributed by atoms with Gasteiger partial charge in [0.2, 0.25) is 0 Å². The maximum Gasteiger partial charge on any atom is 0.0351 e. The van der Waals surface area contributed by atoms with Gasteiger partial charge in [-0.3, -0.25) is 0 Å². The molecule has 0 unspecified atom stereocenters. The van der Waals surface area contributed by atoms with Crippen LogP contribution in [0.25, 0.3) is 0 Å². The van der Waals surface area contributed by atoms with Crippen molar-refractivity contribution in [2.45, 2.75) is 76.2 Å². The van der Waals surface area contributed by atoms with E-state index in [2.05, 4.69) is 83.5 Å². The fourth-order valence-corrected chi connectivity index (χ4v) is 0.938. The molecule has 1 aromatic rings. The van der Waals surface area contributed by atoms with E-state index in [9.17, 15) is 0 Å². The van der Waals surface area contributed by atoms with Gasteiger partial charge >= 0.3 is 0 Å². The summed E-state index contributed by atoms with van der Waals surface area (Å²) in [5.74, 6) is 0. The fourth-order valence-electron chi connectivity index (χ4n) is 0.938. The Morgan fingerprint density at radius 3 is 1.04 bits per heavy atom. The van der Waals surface area contributed by atoms with Gasteiger partial charge in [0.25, 0.3) is 0 Å². The first kappa shape index (κ1) is 38.9. The Kier molecular flexibility index (Phi) is 36.5. The van der Waals surface area contributed by atoms with Gasteiger partial charge < -0.3 is 4.74 Å². The normalized spacial score (nSPS) is 8.79. The Balaban J connectivity index is -0.0000000502. The smallest absolute Gasteiger partial charge is 0.0351 e. The van der Waals surface area contributed by atoms with Crippen molar-refractivity contribution in [2.75, 3.05) is 26.7 Å². The van der Waals surface area contributed by atoms with Crippen LogP contribution in [0.5, 0.6) is 0 Å². The number of benzene rings is 1. The second kappa shape index (κ2) is 22.5. The lowest BCUT2D eigenvalue weighted by Crippen LogP contribution is -2.10. The minimum Gasteiger partial charge on any atom is -0.388 e. The number of hydrogen-bond acceptors (Lipinski definition) is 2. The number of hydrogen-bond donors (Lipinski definition) is 0. The van der Waals surface area contributed by atoms with Gasteiger partial charge in [0.15, 0.2) is 0 Å². The highest BCUT2D eigenvalue weighted by Gasteiger charge is 2.11. The summed E-state index contributed by atoms with van der Waals surface area (Å²) in [5.41, 5.74) is 2.19. The summed E-state index contributed by atoms with van der Waals surface area (Å²) in [7, 11) is 3.25.